The van der Waals surface area contributed by atoms with Crippen molar-refractivity contribution in [1.29, 1.82) is 0 Å². The minimum Gasteiger partial charge on any atom is -0.337 e. The highest BCUT2D eigenvalue weighted by Crippen LogP contribution is 2.22. The maximum atomic E-state index is 13.9. The summed E-state index contributed by atoms with van der Waals surface area (Å²) < 4.78 is 41.4. The monoisotopic (exact) mass is 432 g/mol. The number of hydrogen-bond donors (Lipinski definition) is 1. The van der Waals surface area contributed by atoms with Gasteiger partial charge in [-0.3, -0.25) is 9.52 Å². The zero-order chi connectivity index (χ0) is 21.0. The first-order valence-electron chi connectivity index (χ1n) is 8.64. The molecule has 0 spiro atoms. The molecule has 0 aromatic heterocycles. The molecule has 3 aromatic carbocycles. The lowest BCUT2D eigenvalue weighted by Crippen LogP contribution is -2.27. The van der Waals surface area contributed by atoms with E-state index in [-0.39, 0.29) is 33.5 Å². The lowest BCUT2D eigenvalue weighted by atomic mass is 10.1. The van der Waals surface area contributed by atoms with Crippen molar-refractivity contribution in [3.8, 4) is 0 Å². The average Bonchev–Trinajstić information content (AvgIpc) is 2.70. The third kappa shape index (κ3) is 4.93. The number of para-hydroxylation sites is 1. The SMILES string of the molecule is CN(Cc1c(F)cccc1Cl)C(=O)c1ccc(S(=O)(=O)Nc2ccccc2)cc1. The van der Waals surface area contributed by atoms with Crippen molar-refractivity contribution >= 4 is 33.2 Å². The van der Waals surface area contributed by atoms with Gasteiger partial charge in [-0.15, -0.1) is 0 Å². The molecule has 8 heteroatoms. The Balaban J connectivity index is 1.74. The minimum atomic E-state index is -3.78. The molecule has 0 unspecified atom stereocenters. The molecule has 0 atom stereocenters. The number of anilines is 1. The van der Waals surface area contributed by atoms with Crippen LogP contribution >= 0.6 is 11.6 Å². The molecule has 29 heavy (non-hydrogen) atoms. The van der Waals surface area contributed by atoms with Crippen LogP contribution in [0.15, 0.2) is 77.7 Å². The molecule has 3 aromatic rings. The Hall–Kier alpha value is -2.90. The molecule has 0 fully saturated rings. The summed E-state index contributed by atoms with van der Waals surface area (Å²) in [6.45, 7) is -0.0139. The van der Waals surface area contributed by atoms with Crippen molar-refractivity contribution in [2.24, 2.45) is 0 Å². The Kier molecular flexibility index (Phi) is 6.20. The first kappa shape index (κ1) is 20.8. The van der Waals surface area contributed by atoms with Gasteiger partial charge in [0.2, 0.25) is 0 Å². The first-order valence-corrected chi connectivity index (χ1v) is 10.5. The number of carbonyl (C=O) groups is 1. The Morgan fingerprint density at radius 3 is 2.28 bits per heavy atom. The van der Waals surface area contributed by atoms with Crippen LogP contribution < -0.4 is 4.72 Å². The highest BCUT2D eigenvalue weighted by atomic mass is 35.5. The second kappa shape index (κ2) is 8.63. The smallest absolute Gasteiger partial charge is 0.261 e. The van der Waals surface area contributed by atoms with Gasteiger partial charge >= 0.3 is 0 Å². The highest BCUT2D eigenvalue weighted by molar-refractivity contribution is 7.92. The van der Waals surface area contributed by atoms with Gasteiger partial charge < -0.3 is 4.90 Å². The summed E-state index contributed by atoms with van der Waals surface area (Å²) in [5.41, 5.74) is 0.934. The Morgan fingerprint density at radius 2 is 1.66 bits per heavy atom. The van der Waals surface area contributed by atoms with Gasteiger partial charge in [0.05, 0.1) is 4.90 Å². The van der Waals surface area contributed by atoms with Crippen molar-refractivity contribution in [3.63, 3.8) is 0 Å². The van der Waals surface area contributed by atoms with Crippen molar-refractivity contribution in [1.82, 2.24) is 4.90 Å². The van der Waals surface area contributed by atoms with E-state index in [1.165, 1.54) is 48.3 Å². The van der Waals surface area contributed by atoms with E-state index in [4.69, 9.17) is 11.6 Å². The van der Waals surface area contributed by atoms with Crippen LogP contribution in [-0.4, -0.2) is 26.3 Å². The molecule has 0 aliphatic carbocycles. The molecular weight excluding hydrogens is 415 g/mol. The minimum absolute atomic E-state index is 0.0139. The van der Waals surface area contributed by atoms with Crippen LogP contribution in [0.3, 0.4) is 0 Å². The molecule has 0 saturated heterocycles. The molecule has 1 amide bonds. The standard InChI is InChI=1S/C21H18ClFN2O3S/c1-25(14-18-19(22)8-5-9-20(18)23)21(26)15-10-12-17(13-11-15)29(27,28)24-16-6-3-2-4-7-16/h2-13,24H,14H2,1H3. The number of nitrogens with one attached hydrogen (secondary N) is 1. The van der Waals surface area contributed by atoms with E-state index in [9.17, 15) is 17.6 Å². The molecule has 0 saturated carbocycles. The Labute approximate surface area is 173 Å². The fourth-order valence-electron chi connectivity index (χ4n) is 2.71. The molecule has 0 radical (unpaired) electrons. The number of sulfonamides is 1. The third-order valence-corrected chi connectivity index (χ3v) is 5.99. The fraction of sp³-hybridized carbons (Fsp3) is 0.0952. The Morgan fingerprint density at radius 1 is 1.00 bits per heavy atom. The maximum Gasteiger partial charge on any atom is 0.261 e. The van der Waals surface area contributed by atoms with Crippen LogP contribution in [0.5, 0.6) is 0 Å². The van der Waals surface area contributed by atoms with E-state index < -0.39 is 15.8 Å². The quantitative estimate of drug-likeness (QED) is 0.621. The van der Waals surface area contributed by atoms with Crippen molar-refractivity contribution < 1.29 is 17.6 Å². The first-order chi connectivity index (χ1) is 13.8. The number of benzene rings is 3. The highest BCUT2D eigenvalue weighted by Gasteiger charge is 2.18. The summed E-state index contributed by atoms with van der Waals surface area (Å²) in [6, 6.07) is 18.4. The second-order valence-electron chi connectivity index (χ2n) is 6.36. The van der Waals surface area contributed by atoms with E-state index in [0.717, 1.165) is 0 Å². The molecule has 0 heterocycles. The summed E-state index contributed by atoms with van der Waals surface area (Å²) in [5.74, 6) is -0.880. The van der Waals surface area contributed by atoms with Crippen molar-refractivity contribution in [2.45, 2.75) is 11.4 Å². The summed E-state index contributed by atoms with van der Waals surface area (Å²) in [5, 5.41) is 0.234. The summed E-state index contributed by atoms with van der Waals surface area (Å²) in [4.78, 5) is 14.0. The third-order valence-electron chi connectivity index (χ3n) is 4.24. The zero-order valence-corrected chi connectivity index (χ0v) is 17.0. The number of halogens is 2. The van der Waals surface area contributed by atoms with E-state index >= 15 is 0 Å². The molecule has 5 nitrogen and oxygen atoms in total. The van der Waals surface area contributed by atoms with Crippen LogP contribution in [0.4, 0.5) is 10.1 Å². The van der Waals surface area contributed by atoms with Gasteiger partial charge in [-0.2, -0.15) is 0 Å². The van der Waals surface area contributed by atoms with E-state index in [0.29, 0.717) is 5.69 Å². The van der Waals surface area contributed by atoms with Gasteiger partial charge in [0.25, 0.3) is 15.9 Å². The lowest BCUT2D eigenvalue weighted by Gasteiger charge is -2.18. The molecule has 0 bridgehead atoms. The maximum absolute atomic E-state index is 13.9. The number of nitrogens with zero attached hydrogens (tertiary/aromatic N) is 1. The van der Waals surface area contributed by atoms with Crippen LogP contribution in [0.25, 0.3) is 0 Å². The van der Waals surface area contributed by atoms with Crippen LogP contribution in [0.1, 0.15) is 15.9 Å². The van der Waals surface area contributed by atoms with Crippen LogP contribution in [0, 0.1) is 5.82 Å². The zero-order valence-electron chi connectivity index (χ0n) is 15.5. The molecule has 150 valence electrons. The van der Waals surface area contributed by atoms with Gasteiger partial charge in [0.15, 0.2) is 0 Å². The molecule has 1 N–H and O–H groups in total. The lowest BCUT2D eigenvalue weighted by molar-refractivity contribution is 0.0784. The largest absolute Gasteiger partial charge is 0.337 e. The average molecular weight is 433 g/mol. The molecular formula is C21H18ClFN2O3S. The summed E-state index contributed by atoms with van der Waals surface area (Å²) in [7, 11) is -2.26. The second-order valence-corrected chi connectivity index (χ2v) is 8.45. The van der Waals surface area contributed by atoms with E-state index in [1.54, 1.807) is 36.4 Å². The Bertz CT molecular complexity index is 1100. The van der Waals surface area contributed by atoms with Crippen molar-refractivity contribution in [3.05, 3.63) is 94.8 Å². The topological polar surface area (TPSA) is 66.5 Å². The number of amides is 1. The van der Waals surface area contributed by atoms with Gasteiger partial charge in [-0.1, -0.05) is 35.9 Å². The normalized spacial score (nSPS) is 11.1. The van der Waals surface area contributed by atoms with Gasteiger partial charge in [-0.05, 0) is 48.5 Å². The summed E-state index contributed by atoms with van der Waals surface area (Å²) in [6.07, 6.45) is 0. The van der Waals surface area contributed by atoms with E-state index in [2.05, 4.69) is 4.72 Å². The number of hydrogen-bond acceptors (Lipinski definition) is 3. The predicted molar refractivity (Wildman–Crippen MR) is 111 cm³/mol. The number of rotatable bonds is 6. The van der Waals surface area contributed by atoms with E-state index in [1.807, 2.05) is 0 Å². The summed E-state index contributed by atoms with van der Waals surface area (Å²) >= 11 is 6.01. The van der Waals surface area contributed by atoms with Gasteiger partial charge in [-0.25, -0.2) is 12.8 Å². The number of carbonyl (C=O) groups excluding carboxylic acids is 1. The van der Waals surface area contributed by atoms with Gasteiger partial charge in [0, 0.05) is 35.4 Å². The molecule has 0 aliphatic heterocycles. The fourth-order valence-corrected chi connectivity index (χ4v) is 3.99. The predicted octanol–water partition coefficient (Wildman–Crippen LogP) is 4.55. The van der Waals surface area contributed by atoms with Crippen LogP contribution in [-0.2, 0) is 16.6 Å². The van der Waals surface area contributed by atoms with Crippen molar-refractivity contribution in [2.75, 3.05) is 11.8 Å². The molecule has 3 rings (SSSR count). The van der Waals surface area contributed by atoms with Gasteiger partial charge in [0.1, 0.15) is 5.82 Å². The molecule has 0 aliphatic rings. The van der Waals surface area contributed by atoms with Crippen LogP contribution in [0.2, 0.25) is 5.02 Å².